The van der Waals surface area contributed by atoms with Gasteiger partial charge in [0.15, 0.2) is 0 Å². The summed E-state index contributed by atoms with van der Waals surface area (Å²) in [7, 11) is 4.07. The van der Waals surface area contributed by atoms with Crippen LogP contribution in [0.1, 0.15) is 46.8 Å². The van der Waals surface area contributed by atoms with Gasteiger partial charge in [0, 0.05) is 31.7 Å². The predicted octanol–water partition coefficient (Wildman–Crippen LogP) is 2.11. The van der Waals surface area contributed by atoms with Crippen LogP contribution < -0.4 is 0 Å². The number of carbonyl (C=O) groups is 2. The molecule has 2 aromatic rings. The Bertz CT molecular complexity index is 967. The van der Waals surface area contributed by atoms with Crippen molar-refractivity contribution < 1.29 is 9.59 Å². The number of likely N-dealkylation sites (tertiary alicyclic amines) is 2. The first-order chi connectivity index (χ1) is 15.3. The van der Waals surface area contributed by atoms with Crippen LogP contribution in [0.15, 0.2) is 24.3 Å². The summed E-state index contributed by atoms with van der Waals surface area (Å²) >= 11 is 0. The van der Waals surface area contributed by atoms with E-state index in [0.717, 1.165) is 43.7 Å². The fourth-order valence-corrected chi connectivity index (χ4v) is 5.05. The van der Waals surface area contributed by atoms with Crippen LogP contribution in [0.5, 0.6) is 0 Å². The molecule has 1 aromatic heterocycles. The maximum absolute atomic E-state index is 13.2. The third kappa shape index (κ3) is 4.85. The van der Waals surface area contributed by atoms with Crippen LogP contribution in [-0.2, 0) is 17.9 Å². The van der Waals surface area contributed by atoms with Crippen LogP contribution in [0.2, 0.25) is 0 Å². The summed E-state index contributed by atoms with van der Waals surface area (Å²) in [5.41, 5.74) is 1.91. The molecule has 0 saturated carbocycles. The first-order valence-electron chi connectivity index (χ1n) is 11.5. The summed E-state index contributed by atoms with van der Waals surface area (Å²) in [6, 6.07) is 7.98. The van der Waals surface area contributed by atoms with Crippen molar-refractivity contribution in [2.75, 3.05) is 33.7 Å². The molecular formula is C24H34N6O2. The number of rotatable bonds is 5. The Morgan fingerprint density at radius 2 is 1.84 bits per heavy atom. The van der Waals surface area contributed by atoms with Crippen LogP contribution in [0.4, 0.5) is 0 Å². The Balaban J connectivity index is 1.45. The molecule has 4 rings (SSSR count). The maximum atomic E-state index is 13.2. The molecule has 2 fully saturated rings. The summed E-state index contributed by atoms with van der Waals surface area (Å²) in [6.45, 7) is 6.83. The zero-order valence-electron chi connectivity index (χ0n) is 19.6. The molecule has 2 atom stereocenters. The summed E-state index contributed by atoms with van der Waals surface area (Å²) in [6.07, 6.45) is 3.16. The Morgan fingerprint density at radius 1 is 1.09 bits per heavy atom. The summed E-state index contributed by atoms with van der Waals surface area (Å²) < 4.78 is 1.69. The molecule has 0 spiro atoms. The molecule has 0 N–H and O–H groups in total. The van der Waals surface area contributed by atoms with E-state index in [1.54, 1.807) is 4.68 Å². The zero-order chi connectivity index (χ0) is 22.8. The predicted molar refractivity (Wildman–Crippen MR) is 122 cm³/mol. The van der Waals surface area contributed by atoms with Gasteiger partial charge in [0.2, 0.25) is 5.91 Å². The van der Waals surface area contributed by atoms with Gasteiger partial charge in [-0.15, -0.1) is 0 Å². The lowest BCUT2D eigenvalue weighted by molar-refractivity contribution is -0.134. The van der Waals surface area contributed by atoms with Crippen molar-refractivity contribution in [2.45, 2.75) is 52.2 Å². The molecule has 172 valence electrons. The highest BCUT2D eigenvalue weighted by atomic mass is 16.2. The highest BCUT2D eigenvalue weighted by Gasteiger charge is 2.41. The number of aryl methyl sites for hydroxylation is 2. The molecule has 32 heavy (non-hydrogen) atoms. The van der Waals surface area contributed by atoms with Gasteiger partial charge in [-0.2, -0.15) is 5.10 Å². The van der Waals surface area contributed by atoms with Crippen LogP contribution in [0.3, 0.4) is 0 Å². The van der Waals surface area contributed by atoms with Crippen molar-refractivity contribution >= 4 is 11.8 Å². The third-order valence-corrected chi connectivity index (χ3v) is 6.59. The van der Waals surface area contributed by atoms with Crippen LogP contribution in [-0.4, -0.2) is 81.1 Å². The van der Waals surface area contributed by atoms with E-state index in [2.05, 4.69) is 15.0 Å². The smallest absolute Gasteiger partial charge is 0.253 e. The lowest BCUT2D eigenvalue weighted by Crippen LogP contribution is -2.46. The normalized spacial score (nSPS) is 21.0. The standard InChI is InChI=1S/C24H34N6O2/c1-17-25-18(2)30(26-17)16-23(31)29-12-6-5-7-21-14-28(15-22(21)29)24(32)20-10-8-19(9-11-20)13-27(3)4/h8-11,21-22H,5-7,12-16H2,1-4H3/t21-,22+/m0/s1. The molecule has 0 aliphatic carbocycles. The number of nitrogens with zero attached hydrogens (tertiary/aromatic N) is 6. The van der Waals surface area contributed by atoms with Crippen molar-refractivity contribution in [3.8, 4) is 0 Å². The van der Waals surface area contributed by atoms with E-state index >= 15 is 0 Å². The van der Waals surface area contributed by atoms with E-state index in [-0.39, 0.29) is 24.4 Å². The topological polar surface area (TPSA) is 74.6 Å². The van der Waals surface area contributed by atoms with E-state index < -0.39 is 0 Å². The molecule has 2 aliphatic heterocycles. The minimum atomic E-state index is 0.0598. The Morgan fingerprint density at radius 3 is 2.50 bits per heavy atom. The number of fused-ring (bicyclic) bond motifs is 1. The number of amides is 2. The Kier molecular flexibility index (Phi) is 6.60. The highest BCUT2D eigenvalue weighted by Crippen LogP contribution is 2.31. The van der Waals surface area contributed by atoms with Gasteiger partial charge in [-0.3, -0.25) is 9.59 Å². The molecule has 2 amide bonds. The van der Waals surface area contributed by atoms with Gasteiger partial charge in [0.25, 0.3) is 5.91 Å². The first kappa shape index (κ1) is 22.5. The lowest BCUT2D eigenvalue weighted by Gasteiger charge is -2.30. The third-order valence-electron chi connectivity index (χ3n) is 6.59. The quantitative estimate of drug-likeness (QED) is 0.715. The van der Waals surface area contributed by atoms with Gasteiger partial charge < -0.3 is 14.7 Å². The maximum Gasteiger partial charge on any atom is 0.253 e. The molecule has 0 unspecified atom stereocenters. The summed E-state index contributed by atoms with van der Waals surface area (Å²) in [4.78, 5) is 36.8. The summed E-state index contributed by atoms with van der Waals surface area (Å²) in [5.74, 6) is 1.89. The van der Waals surface area contributed by atoms with Crippen molar-refractivity contribution in [3.63, 3.8) is 0 Å². The minimum Gasteiger partial charge on any atom is -0.336 e. The second kappa shape index (κ2) is 9.40. The molecule has 1 aromatic carbocycles. The fraction of sp³-hybridized carbons (Fsp3) is 0.583. The number of hydrogen-bond donors (Lipinski definition) is 0. The number of benzene rings is 1. The van der Waals surface area contributed by atoms with Crippen LogP contribution in [0, 0.1) is 19.8 Å². The molecule has 2 aliphatic rings. The largest absolute Gasteiger partial charge is 0.336 e. The number of carbonyl (C=O) groups excluding carboxylic acids is 2. The Hall–Kier alpha value is -2.74. The van der Waals surface area contributed by atoms with E-state index in [0.29, 0.717) is 24.8 Å². The molecule has 8 nitrogen and oxygen atoms in total. The fourth-order valence-electron chi connectivity index (χ4n) is 5.05. The average molecular weight is 439 g/mol. The minimum absolute atomic E-state index is 0.0598. The van der Waals surface area contributed by atoms with E-state index in [9.17, 15) is 9.59 Å². The first-order valence-corrected chi connectivity index (χ1v) is 11.5. The number of hydrogen-bond acceptors (Lipinski definition) is 5. The Labute approximate surface area is 190 Å². The highest BCUT2D eigenvalue weighted by molar-refractivity contribution is 5.94. The second-order valence-corrected chi connectivity index (χ2v) is 9.42. The van der Waals surface area contributed by atoms with Crippen LogP contribution in [0.25, 0.3) is 0 Å². The summed E-state index contributed by atoms with van der Waals surface area (Å²) in [5, 5.41) is 4.35. The van der Waals surface area contributed by atoms with E-state index in [1.807, 2.05) is 62.0 Å². The molecule has 2 saturated heterocycles. The van der Waals surface area contributed by atoms with Crippen molar-refractivity contribution in [3.05, 3.63) is 47.0 Å². The van der Waals surface area contributed by atoms with Gasteiger partial charge in [-0.05, 0) is 64.4 Å². The van der Waals surface area contributed by atoms with Gasteiger partial charge in [0.1, 0.15) is 18.2 Å². The van der Waals surface area contributed by atoms with E-state index in [1.165, 1.54) is 5.56 Å². The SMILES string of the molecule is Cc1nc(C)n(CC(=O)N2CCCC[C@H]3CN(C(=O)c4ccc(CN(C)C)cc4)C[C@H]32)n1. The zero-order valence-corrected chi connectivity index (χ0v) is 19.6. The second-order valence-electron chi connectivity index (χ2n) is 9.42. The molecule has 8 heteroatoms. The molecule has 0 bridgehead atoms. The van der Waals surface area contributed by atoms with Gasteiger partial charge in [-0.1, -0.05) is 18.6 Å². The van der Waals surface area contributed by atoms with Crippen molar-refractivity contribution in [1.82, 2.24) is 29.5 Å². The monoisotopic (exact) mass is 438 g/mol. The van der Waals surface area contributed by atoms with Crippen LogP contribution >= 0.6 is 0 Å². The number of aromatic nitrogens is 3. The molecular weight excluding hydrogens is 404 g/mol. The molecule has 0 radical (unpaired) electrons. The van der Waals surface area contributed by atoms with Gasteiger partial charge in [0.05, 0.1) is 6.04 Å². The van der Waals surface area contributed by atoms with Crippen molar-refractivity contribution in [2.24, 2.45) is 5.92 Å². The lowest BCUT2D eigenvalue weighted by atomic mass is 9.98. The van der Waals surface area contributed by atoms with E-state index in [4.69, 9.17) is 0 Å². The van der Waals surface area contributed by atoms with Gasteiger partial charge in [-0.25, -0.2) is 9.67 Å². The molecule has 3 heterocycles. The average Bonchev–Trinajstić information content (AvgIpc) is 3.23. The van der Waals surface area contributed by atoms with Gasteiger partial charge >= 0.3 is 0 Å². The van der Waals surface area contributed by atoms with Crippen molar-refractivity contribution in [1.29, 1.82) is 0 Å².